The van der Waals surface area contributed by atoms with Gasteiger partial charge in [-0.3, -0.25) is 14.4 Å². The van der Waals surface area contributed by atoms with Crippen LogP contribution in [0.5, 0.6) is 0 Å². The lowest BCUT2D eigenvalue weighted by Gasteiger charge is -2.16. The molecule has 1 aliphatic rings. The molecule has 0 atom stereocenters. The number of carbonyl (C=O) groups excluding carboxylic acids is 3. The predicted octanol–water partition coefficient (Wildman–Crippen LogP) is 3.53. The zero-order valence-electron chi connectivity index (χ0n) is 15.5. The molecule has 2 N–H and O–H groups in total. The first kappa shape index (κ1) is 18.8. The number of anilines is 1. The standard InChI is InChI=1S/C22H24N2O3/c1-23-22(27)18-7-4-8-19(14-18)24-21(26)12-11-20(25)17-10-9-15-5-2-3-6-16(15)13-17/h4,7-10,13-14H,2-3,5-6,11-12H2,1H3,(H,23,27)(H,24,26). The minimum atomic E-state index is -0.240. The van der Waals surface area contributed by atoms with Crippen molar-refractivity contribution in [2.45, 2.75) is 38.5 Å². The lowest BCUT2D eigenvalue weighted by molar-refractivity contribution is -0.116. The molecule has 2 amide bonds. The zero-order valence-corrected chi connectivity index (χ0v) is 15.5. The van der Waals surface area contributed by atoms with Crippen LogP contribution in [-0.2, 0) is 17.6 Å². The molecule has 0 radical (unpaired) electrons. The monoisotopic (exact) mass is 364 g/mol. The highest BCUT2D eigenvalue weighted by Gasteiger charge is 2.14. The Labute approximate surface area is 159 Å². The van der Waals surface area contributed by atoms with Gasteiger partial charge in [-0.15, -0.1) is 0 Å². The number of Topliss-reactive ketones (excluding diaryl/α,β-unsaturated/α-hetero) is 1. The molecule has 0 saturated heterocycles. The van der Waals surface area contributed by atoms with Crippen molar-refractivity contribution in [2.75, 3.05) is 12.4 Å². The summed E-state index contributed by atoms with van der Waals surface area (Å²) in [6.07, 6.45) is 4.77. The van der Waals surface area contributed by atoms with E-state index < -0.39 is 0 Å². The minimum Gasteiger partial charge on any atom is -0.355 e. The van der Waals surface area contributed by atoms with E-state index in [1.165, 1.54) is 24.0 Å². The van der Waals surface area contributed by atoms with Crippen molar-refractivity contribution in [3.8, 4) is 0 Å². The van der Waals surface area contributed by atoms with Gasteiger partial charge < -0.3 is 10.6 Å². The van der Waals surface area contributed by atoms with Gasteiger partial charge in [0.05, 0.1) is 0 Å². The van der Waals surface area contributed by atoms with Gasteiger partial charge in [0.15, 0.2) is 5.78 Å². The lowest BCUT2D eigenvalue weighted by Crippen LogP contribution is -2.18. The van der Waals surface area contributed by atoms with Crippen LogP contribution in [0.3, 0.4) is 0 Å². The summed E-state index contributed by atoms with van der Waals surface area (Å²) in [5.41, 5.74) is 4.31. The van der Waals surface area contributed by atoms with Gasteiger partial charge in [0.25, 0.3) is 5.91 Å². The molecular weight excluding hydrogens is 340 g/mol. The summed E-state index contributed by atoms with van der Waals surface area (Å²) in [6.45, 7) is 0. The Balaban J connectivity index is 1.56. The number of ketones is 1. The van der Waals surface area contributed by atoms with Gasteiger partial charge in [0.2, 0.25) is 5.91 Å². The van der Waals surface area contributed by atoms with E-state index in [9.17, 15) is 14.4 Å². The molecule has 0 bridgehead atoms. The Hall–Kier alpha value is -2.95. The van der Waals surface area contributed by atoms with Crippen molar-refractivity contribution < 1.29 is 14.4 Å². The number of fused-ring (bicyclic) bond motifs is 1. The predicted molar refractivity (Wildman–Crippen MR) is 105 cm³/mol. The molecule has 0 fully saturated rings. The number of nitrogens with one attached hydrogen (secondary N) is 2. The second-order valence-electron chi connectivity index (χ2n) is 6.82. The van der Waals surface area contributed by atoms with E-state index in [0.29, 0.717) is 16.8 Å². The average molecular weight is 364 g/mol. The van der Waals surface area contributed by atoms with E-state index in [2.05, 4.69) is 10.6 Å². The third-order valence-electron chi connectivity index (χ3n) is 4.89. The van der Waals surface area contributed by atoms with Crippen LogP contribution in [0.25, 0.3) is 0 Å². The van der Waals surface area contributed by atoms with E-state index in [1.54, 1.807) is 31.3 Å². The number of rotatable bonds is 6. The summed E-state index contributed by atoms with van der Waals surface area (Å²) >= 11 is 0. The quantitative estimate of drug-likeness (QED) is 0.770. The lowest BCUT2D eigenvalue weighted by atomic mass is 9.89. The molecule has 0 unspecified atom stereocenters. The topological polar surface area (TPSA) is 75.3 Å². The molecule has 0 heterocycles. The first-order valence-corrected chi connectivity index (χ1v) is 9.34. The molecule has 0 spiro atoms. The Morgan fingerprint density at radius 2 is 1.67 bits per heavy atom. The minimum absolute atomic E-state index is 0.0161. The maximum atomic E-state index is 12.4. The highest BCUT2D eigenvalue weighted by atomic mass is 16.2. The second-order valence-corrected chi connectivity index (χ2v) is 6.82. The number of hydrogen-bond donors (Lipinski definition) is 2. The van der Waals surface area contributed by atoms with E-state index in [0.717, 1.165) is 12.8 Å². The summed E-state index contributed by atoms with van der Waals surface area (Å²) in [5.74, 6) is -0.471. The smallest absolute Gasteiger partial charge is 0.251 e. The molecule has 0 aliphatic heterocycles. The molecule has 140 valence electrons. The molecule has 0 saturated carbocycles. The van der Waals surface area contributed by atoms with Crippen LogP contribution in [0, 0.1) is 0 Å². The second kappa shape index (κ2) is 8.62. The largest absolute Gasteiger partial charge is 0.355 e. The first-order valence-electron chi connectivity index (χ1n) is 9.34. The first-order chi connectivity index (χ1) is 13.1. The van der Waals surface area contributed by atoms with Crippen LogP contribution in [0.1, 0.15) is 57.5 Å². The van der Waals surface area contributed by atoms with Crippen molar-refractivity contribution in [3.05, 3.63) is 64.7 Å². The van der Waals surface area contributed by atoms with Crippen LogP contribution >= 0.6 is 0 Å². The Morgan fingerprint density at radius 1 is 0.889 bits per heavy atom. The Kier molecular flexibility index (Phi) is 6.01. The van der Waals surface area contributed by atoms with Crippen LogP contribution in [0.4, 0.5) is 5.69 Å². The third-order valence-corrected chi connectivity index (χ3v) is 4.89. The van der Waals surface area contributed by atoms with Gasteiger partial charge in [-0.25, -0.2) is 0 Å². The number of carbonyl (C=O) groups is 3. The fourth-order valence-corrected chi connectivity index (χ4v) is 3.38. The van der Waals surface area contributed by atoms with Crippen molar-refractivity contribution in [1.82, 2.24) is 5.32 Å². The number of aryl methyl sites for hydroxylation is 2. The van der Waals surface area contributed by atoms with E-state index in [4.69, 9.17) is 0 Å². The summed E-state index contributed by atoms with van der Waals surface area (Å²) in [7, 11) is 1.56. The molecule has 1 aliphatic carbocycles. The van der Waals surface area contributed by atoms with E-state index in [1.807, 2.05) is 18.2 Å². The fraction of sp³-hybridized carbons (Fsp3) is 0.318. The summed E-state index contributed by atoms with van der Waals surface area (Å²) < 4.78 is 0. The number of amides is 2. The molecule has 3 rings (SSSR count). The van der Waals surface area contributed by atoms with Crippen LogP contribution in [0.2, 0.25) is 0 Å². The normalized spacial score (nSPS) is 12.8. The van der Waals surface area contributed by atoms with Crippen molar-refractivity contribution >= 4 is 23.3 Å². The van der Waals surface area contributed by atoms with Crippen LogP contribution in [0.15, 0.2) is 42.5 Å². The molecule has 5 nitrogen and oxygen atoms in total. The maximum absolute atomic E-state index is 12.4. The van der Waals surface area contributed by atoms with Gasteiger partial charge in [0.1, 0.15) is 0 Å². The van der Waals surface area contributed by atoms with Gasteiger partial charge >= 0.3 is 0 Å². The van der Waals surface area contributed by atoms with Gasteiger partial charge in [-0.05, 0) is 61.1 Å². The molecule has 27 heavy (non-hydrogen) atoms. The third kappa shape index (κ3) is 4.82. The van der Waals surface area contributed by atoms with Crippen molar-refractivity contribution in [3.63, 3.8) is 0 Å². The van der Waals surface area contributed by atoms with E-state index in [-0.39, 0.29) is 30.4 Å². The van der Waals surface area contributed by atoms with Crippen molar-refractivity contribution in [1.29, 1.82) is 0 Å². The molecule has 2 aromatic rings. The molecule has 0 aromatic heterocycles. The molecular formula is C22H24N2O3. The van der Waals surface area contributed by atoms with Crippen LogP contribution in [-0.4, -0.2) is 24.6 Å². The summed E-state index contributed by atoms with van der Waals surface area (Å²) in [4.78, 5) is 36.3. The van der Waals surface area contributed by atoms with Gasteiger partial charge in [0, 0.05) is 36.7 Å². The summed E-state index contributed by atoms with van der Waals surface area (Å²) in [5, 5.41) is 5.29. The Morgan fingerprint density at radius 3 is 2.44 bits per heavy atom. The Bertz CT molecular complexity index is 874. The highest BCUT2D eigenvalue weighted by Crippen LogP contribution is 2.23. The highest BCUT2D eigenvalue weighted by molar-refractivity contribution is 6.01. The van der Waals surface area contributed by atoms with E-state index >= 15 is 0 Å². The molecule has 2 aromatic carbocycles. The maximum Gasteiger partial charge on any atom is 0.251 e. The number of hydrogen-bond acceptors (Lipinski definition) is 3. The zero-order chi connectivity index (χ0) is 19.2. The van der Waals surface area contributed by atoms with Crippen LogP contribution < -0.4 is 10.6 Å². The van der Waals surface area contributed by atoms with Gasteiger partial charge in [-0.1, -0.05) is 18.2 Å². The fourth-order valence-electron chi connectivity index (χ4n) is 3.38. The SMILES string of the molecule is CNC(=O)c1cccc(NC(=O)CCC(=O)c2ccc3c(c2)CCCC3)c1. The van der Waals surface area contributed by atoms with Crippen molar-refractivity contribution in [2.24, 2.45) is 0 Å². The average Bonchev–Trinajstić information content (AvgIpc) is 2.71. The summed E-state index contributed by atoms with van der Waals surface area (Å²) in [6, 6.07) is 12.6. The molecule has 5 heteroatoms. The number of benzene rings is 2. The van der Waals surface area contributed by atoms with Gasteiger partial charge in [-0.2, -0.15) is 0 Å².